The highest BCUT2D eigenvalue weighted by Crippen LogP contribution is 2.23. The summed E-state index contributed by atoms with van der Waals surface area (Å²) >= 11 is 0. The number of nitrogens with one attached hydrogen (secondary N) is 2. The number of aryl methyl sites for hydroxylation is 2. The molecule has 2 N–H and O–H groups in total. The van der Waals surface area contributed by atoms with Gasteiger partial charge in [-0.2, -0.15) is 0 Å². The number of urea groups is 1. The predicted octanol–water partition coefficient (Wildman–Crippen LogP) is 3.34. The Hall–Kier alpha value is -2.83. The van der Waals surface area contributed by atoms with Crippen LogP contribution in [0.15, 0.2) is 28.8 Å². The van der Waals surface area contributed by atoms with Gasteiger partial charge < -0.3 is 20.1 Å². The van der Waals surface area contributed by atoms with Crippen molar-refractivity contribution in [2.45, 2.75) is 46.1 Å². The number of anilines is 1. The largest absolute Gasteiger partial charge is 0.361 e. The molecule has 1 aromatic carbocycles. The van der Waals surface area contributed by atoms with Crippen molar-refractivity contribution < 1.29 is 14.1 Å². The van der Waals surface area contributed by atoms with Gasteiger partial charge in [-0.05, 0) is 51.3 Å². The van der Waals surface area contributed by atoms with E-state index in [-0.39, 0.29) is 17.9 Å². The highest BCUT2D eigenvalue weighted by atomic mass is 16.5. The lowest BCUT2D eigenvalue weighted by atomic mass is 9.98. The fourth-order valence-corrected chi connectivity index (χ4v) is 3.46. The van der Waals surface area contributed by atoms with Crippen LogP contribution < -0.4 is 10.6 Å². The Balaban J connectivity index is 1.58. The summed E-state index contributed by atoms with van der Waals surface area (Å²) in [5.41, 5.74) is 3.23. The molecule has 0 radical (unpaired) electrons. The second kappa shape index (κ2) is 8.24. The van der Waals surface area contributed by atoms with Crippen molar-refractivity contribution in [3.63, 3.8) is 0 Å². The van der Waals surface area contributed by atoms with E-state index in [1.165, 1.54) is 0 Å². The van der Waals surface area contributed by atoms with E-state index in [0.29, 0.717) is 12.3 Å². The molecule has 7 heteroatoms. The summed E-state index contributed by atoms with van der Waals surface area (Å²) in [5, 5.41) is 9.78. The van der Waals surface area contributed by atoms with Gasteiger partial charge >= 0.3 is 6.03 Å². The number of aromatic nitrogens is 1. The average molecular weight is 370 g/mol. The van der Waals surface area contributed by atoms with Crippen molar-refractivity contribution >= 4 is 17.6 Å². The molecule has 27 heavy (non-hydrogen) atoms. The molecule has 1 saturated heterocycles. The molecule has 0 aliphatic carbocycles. The predicted molar refractivity (Wildman–Crippen MR) is 103 cm³/mol. The van der Waals surface area contributed by atoms with Crippen LogP contribution in [-0.2, 0) is 11.3 Å². The summed E-state index contributed by atoms with van der Waals surface area (Å²) in [4.78, 5) is 26.5. The Morgan fingerprint density at radius 1 is 1.26 bits per heavy atom. The maximum Gasteiger partial charge on any atom is 0.321 e. The summed E-state index contributed by atoms with van der Waals surface area (Å²) in [6.45, 7) is 7.49. The third-order valence-corrected chi connectivity index (χ3v) is 4.95. The summed E-state index contributed by atoms with van der Waals surface area (Å²) in [5.74, 6) is 0.243. The van der Waals surface area contributed by atoms with Crippen LogP contribution in [0.3, 0.4) is 0 Å². The first-order valence-electron chi connectivity index (χ1n) is 9.31. The molecule has 0 bridgehead atoms. The van der Waals surface area contributed by atoms with E-state index in [0.717, 1.165) is 48.4 Å². The first-order valence-corrected chi connectivity index (χ1v) is 9.31. The van der Waals surface area contributed by atoms with E-state index >= 15 is 0 Å². The SMILES string of the molecule is Cc1noc(C)c1C(C)C(=O)NCc1cccc(NC(=O)N2CCCC2)c1. The number of carbonyl (C=O) groups is 2. The van der Waals surface area contributed by atoms with Crippen LogP contribution in [0.4, 0.5) is 10.5 Å². The van der Waals surface area contributed by atoms with Gasteiger partial charge in [0, 0.05) is 30.9 Å². The minimum absolute atomic E-state index is 0.0688. The summed E-state index contributed by atoms with van der Waals surface area (Å²) in [7, 11) is 0. The van der Waals surface area contributed by atoms with Crippen LogP contribution in [-0.4, -0.2) is 35.1 Å². The van der Waals surface area contributed by atoms with E-state index < -0.39 is 0 Å². The third-order valence-electron chi connectivity index (χ3n) is 4.95. The number of nitrogens with zero attached hydrogens (tertiary/aromatic N) is 2. The second-order valence-electron chi connectivity index (χ2n) is 7.00. The topological polar surface area (TPSA) is 87.5 Å². The van der Waals surface area contributed by atoms with Gasteiger partial charge in [0.05, 0.1) is 11.6 Å². The van der Waals surface area contributed by atoms with Gasteiger partial charge in [-0.15, -0.1) is 0 Å². The number of hydrogen-bond donors (Lipinski definition) is 2. The van der Waals surface area contributed by atoms with E-state index in [9.17, 15) is 9.59 Å². The molecule has 0 saturated carbocycles. The van der Waals surface area contributed by atoms with Crippen molar-refractivity contribution in [2.75, 3.05) is 18.4 Å². The zero-order valence-corrected chi connectivity index (χ0v) is 16.0. The van der Waals surface area contributed by atoms with Gasteiger partial charge in [-0.1, -0.05) is 17.3 Å². The maximum atomic E-state index is 12.5. The zero-order valence-electron chi connectivity index (χ0n) is 16.0. The van der Waals surface area contributed by atoms with E-state index in [1.807, 2.05) is 49.9 Å². The molecule has 1 aliphatic rings. The lowest BCUT2D eigenvalue weighted by Crippen LogP contribution is -2.32. The standard InChI is InChI=1S/C20H26N4O3/c1-13(18-14(2)23-27-15(18)3)19(25)21-12-16-7-6-8-17(11-16)22-20(26)24-9-4-5-10-24/h6-8,11,13H,4-5,9-10,12H2,1-3H3,(H,21,25)(H,22,26). The second-order valence-corrected chi connectivity index (χ2v) is 7.00. The summed E-state index contributed by atoms with van der Waals surface area (Å²) < 4.78 is 5.15. The molecule has 1 aromatic heterocycles. The molecule has 3 amide bonds. The van der Waals surface area contributed by atoms with Crippen LogP contribution in [0.5, 0.6) is 0 Å². The summed E-state index contributed by atoms with van der Waals surface area (Å²) in [6.07, 6.45) is 2.12. The highest BCUT2D eigenvalue weighted by molar-refractivity contribution is 5.89. The Morgan fingerprint density at radius 2 is 2.00 bits per heavy atom. The Labute approximate surface area is 159 Å². The number of likely N-dealkylation sites (tertiary alicyclic amines) is 1. The van der Waals surface area contributed by atoms with Gasteiger partial charge in [0.25, 0.3) is 0 Å². The Kier molecular flexibility index (Phi) is 5.78. The molecule has 1 atom stereocenters. The minimum Gasteiger partial charge on any atom is -0.361 e. The zero-order chi connectivity index (χ0) is 19.4. The van der Waals surface area contributed by atoms with Gasteiger partial charge in [-0.25, -0.2) is 4.79 Å². The van der Waals surface area contributed by atoms with Crippen molar-refractivity contribution in [2.24, 2.45) is 0 Å². The van der Waals surface area contributed by atoms with E-state index in [1.54, 1.807) is 0 Å². The normalized spacial score (nSPS) is 14.9. The lowest BCUT2D eigenvalue weighted by Gasteiger charge is -2.17. The first-order chi connectivity index (χ1) is 13.0. The molecule has 3 rings (SSSR count). The number of benzene rings is 1. The van der Waals surface area contributed by atoms with Gasteiger partial charge in [0.15, 0.2) is 0 Å². The van der Waals surface area contributed by atoms with Crippen LogP contribution in [0.1, 0.15) is 48.3 Å². The Bertz CT molecular complexity index is 805. The van der Waals surface area contributed by atoms with Crippen molar-refractivity contribution in [1.29, 1.82) is 0 Å². The van der Waals surface area contributed by atoms with Crippen LogP contribution >= 0.6 is 0 Å². The quantitative estimate of drug-likeness (QED) is 0.845. The van der Waals surface area contributed by atoms with E-state index in [4.69, 9.17) is 4.52 Å². The molecular formula is C20H26N4O3. The molecule has 2 aromatic rings. The first kappa shape index (κ1) is 18.9. The molecule has 0 spiro atoms. The lowest BCUT2D eigenvalue weighted by molar-refractivity contribution is -0.122. The molecule has 144 valence electrons. The highest BCUT2D eigenvalue weighted by Gasteiger charge is 2.22. The minimum atomic E-state index is -0.339. The van der Waals surface area contributed by atoms with Gasteiger partial charge in [-0.3, -0.25) is 4.79 Å². The number of amides is 3. The van der Waals surface area contributed by atoms with E-state index in [2.05, 4.69) is 15.8 Å². The fraction of sp³-hybridized carbons (Fsp3) is 0.450. The molecule has 1 fully saturated rings. The molecular weight excluding hydrogens is 344 g/mol. The monoisotopic (exact) mass is 370 g/mol. The van der Waals surface area contributed by atoms with Crippen molar-refractivity contribution in [3.8, 4) is 0 Å². The number of carbonyl (C=O) groups excluding carboxylic acids is 2. The van der Waals surface area contributed by atoms with Gasteiger partial charge in [0.2, 0.25) is 5.91 Å². The Morgan fingerprint density at radius 3 is 2.67 bits per heavy atom. The number of hydrogen-bond acceptors (Lipinski definition) is 4. The summed E-state index contributed by atoms with van der Waals surface area (Å²) in [6, 6.07) is 7.46. The molecule has 2 heterocycles. The van der Waals surface area contributed by atoms with Gasteiger partial charge in [0.1, 0.15) is 5.76 Å². The fourth-order valence-electron chi connectivity index (χ4n) is 3.46. The molecule has 1 aliphatic heterocycles. The van der Waals surface area contributed by atoms with Crippen molar-refractivity contribution in [3.05, 3.63) is 46.8 Å². The van der Waals surface area contributed by atoms with Crippen molar-refractivity contribution in [1.82, 2.24) is 15.4 Å². The van der Waals surface area contributed by atoms with Crippen LogP contribution in [0.2, 0.25) is 0 Å². The van der Waals surface area contributed by atoms with Crippen LogP contribution in [0, 0.1) is 13.8 Å². The maximum absolute atomic E-state index is 12.5. The molecule has 7 nitrogen and oxygen atoms in total. The third kappa shape index (κ3) is 4.48. The average Bonchev–Trinajstić information content (AvgIpc) is 3.30. The number of rotatable bonds is 5. The molecule has 1 unspecified atom stereocenters. The smallest absolute Gasteiger partial charge is 0.321 e. The van der Waals surface area contributed by atoms with Crippen LogP contribution in [0.25, 0.3) is 0 Å².